The standard InChI is InChI=1S/C20H16N6O/c1-25-17-7-5-15(10-22)24-20(17)18(8-19(25)27)26(12-13-2-3-13)16-6-4-14(9-21)23-11-16/h4-8,11,13H,2-3,12H2,1H3. The van der Waals surface area contributed by atoms with Crippen LogP contribution < -0.4 is 10.5 Å². The summed E-state index contributed by atoms with van der Waals surface area (Å²) >= 11 is 0. The van der Waals surface area contributed by atoms with Crippen LogP contribution in [0.2, 0.25) is 0 Å². The third-order valence-electron chi connectivity index (χ3n) is 4.79. The van der Waals surface area contributed by atoms with Gasteiger partial charge in [0.25, 0.3) is 5.56 Å². The van der Waals surface area contributed by atoms with Crippen molar-refractivity contribution in [3.63, 3.8) is 0 Å². The van der Waals surface area contributed by atoms with E-state index in [1.165, 1.54) is 4.57 Å². The van der Waals surface area contributed by atoms with Crippen molar-refractivity contribution in [2.24, 2.45) is 13.0 Å². The molecule has 0 aromatic carbocycles. The Balaban J connectivity index is 1.94. The number of aromatic nitrogens is 3. The Morgan fingerprint density at radius 2 is 1.93 bits per heavy atom. The van der Waals surface area contributed by atoms with Gasteiger partial charge >= 0.3 is 0 Å². The van der Waals surface area contributed by atoms with Gasteiger partial charge in [-0.2, -0.15) is 10.5 Å². The van der Waals surface area contributed by atoms with Gasteiger partial charge in [-0.25, -0.2) is 9.97 Å². The minimum atomic E-state index is -0.147. The third-order valence-corrected chi connectivity index (χ3v) is 4.79. The van der Waals surface area contributed by atoms with Crippen LogP contribution in [0.25, 0.3) is 11.0 Å². The van der Waals surface area contributed by atoms with E-state index in [0.29, 0.717) is 34.0 Å². The van der Waals surface area contributed by atoms with Crippen LogP contribution in [0.15, 0.2) is 41.3 Å². The van der Waals surface area contributed by atoms with E-state index in [2.05, 4.69) is 16.0 Å². The average Bonchev–Trinajstić information content (AvgIpc) is 3.53. The lowest BCUT2D eigenvalue weighted by Crippen LogP contribution is -2.25. The number of aryl methyl sites for hydroxylation is 1. The number of fused-ring (bicyclic) bond motifs is 1. The molecule has 3 aromatic heterocycles. The lowest BCUT2D eigenvalue weighted by molar-refractivity contribution is 0.809. The highest BCUT2D eigenvalue weighted by atomic mass is 16.1. The molecule has 132 valence electrons. The molecule has 0 saturated heterocycles. The fourth-order valence-corrected chi connectivity index (χ4v) is 3.09. The molecular weight excluding hydrogens is 340 g/mol. The summed E-state index contributed by atoms with van der Waals surface area (Å²) in [6.07, 6.45) is 3.91. The topological polar surface area (TPSA) is 98.6 Å². The highest BCUT2D eigenvalue weighted by molar-refractivity contribution is 5.91. The summed E-state index contributed by atoms with van der Waals surface area (Å²) in [6, 6.07) is 12.5. The Bertz CT molecular complexity index is 1160. The molecule has 0 spiro atoms. The van der Waals surface area contributed by atoms with Crippen molar-refractivity contribution in [1.29, 1.82) is 10.5 Å². The molecule has 4 rings (SSSR count). The first-order valence-corrected chi connectivity index (χ1v) is 8.65. The number of pyridine rings is 3. The van der Waals surface area contributed by atoms with E-state index in [4.69, 9.17) is 5.26 Å². The second-order valence-corrected chi connectivity index (χ2v) is 6.67. The van der Waals surface area contributed by atoms with Crippen molar-refractivity contribution in [2.75, 3.05) is 11.4 Å². The van der Waals surface area contributed by atoms with Crippen LogP contribution in [0.1, 0.15) is 24.2 Å². The van der Waals surface area contributed by atoms with Crippen LogP contribution in [0, 0.1) is 28.6 Å². The van der Waals surface area contributed by atoms with E-state index < -0.39 is 0 Å². The van der Waals surface area contributed by atoms with Crippen molar-refractivity contribution >= 4 is 22.4 Å². The average molecular weight is 356 g/mol. The minimum Gasteiger partial charge on any atom is -0.338 e. The van der Waals surface area contributed by atoms with Crippen LogP contribution >= 0.6 is 0 Å². The zero-order valence-corrected chi connectivity index (χ0v) is 14.8. The van der Waals surface area contributed by atoms with E-state index in [1.54, 1.807) is 37.5 Å². The van der Waals surface area contributed by atoms with Crippen LogP contribution in [0.5, 0.6) is 0 Å². The maximum Gasteiger partial charge on any atom is 0.252 e. The molecule has 1 saturated carbocycles. The number of anilines is 2. The first kappa shape index (κ1) is 16.7. The zero-order chi connectivity index (χ0) is 19.0. The smallest absolute Gasteiger partial charge is 0.252 e. The fourth-order valence-electron chi connectivity index (χ4n) is 3.09. The van der Waals surface area contributed by atoms with Crippen LogP contribution in [-0.2, 0) is 7.05 Å². The molecule has 0 atom stereocenters. The van der Waals surface area contributed by atoms with Gasteiger partial charge in [0, 0.05) is 19.7 Å². The molecule has 1 aliphatic carbocycles. The minimum absolute atomic E-state index is 0.147. The molecule has 7 heteroatoms. The Labute approximate surface area is 155 Å². The summed E-state index contributed by atoms with van der Waals surface area (Å²) in [6.45, 7) is 0.730. The van der Waals surface area contributed by atoms with E-state index in [0.717, 1.165) is 25.1 Å². The maximum atomic E-state index is 12.5. The summed E-state index contributed by atoms with van der Waals surface area (Å²) in [5.41, 5.74) is 3.20. The molecule has 1 aliphatic rings. The maximum absolute atomic E-state index is 12.5. The summed E-state index contributed by atoms with van der Waals surface area (Å²) in [7, 11) is 1.69. The molecule has 3 heterocycles. The summed E-state index contributed by atoms with van der Waals surface area (Å²) in [4.78, 5) is 23.2. The fraction of sp³-hybridized carbons (Fsp3) is 0.250. The van der Waals surface area contributed by atoms with E-state index in [1.807, 2.05) is 17.0 Å². The molecule has 3 aromatic rings. The Kier molecular flexibility index (Phi) is 4.06. The van der Waals surface area contributed by atoms with Crippen LogP contribution in [0.3, 0.4) is 0 Å². The normalized spacial score (nSPS) is 13.1. The van der Waals surface area contributed by atoms with Gasteiger partial charge in [0.2, 0.25) is 0 Å². The van der Waals surface area contributed by atoms with Gasteiger partial charge in [0.05, 0.1) is 23.1 Å². The molecular formula is C20H16N6O. The van der Waals surface area contributed by atoms with Crippen molar-refractivity contribution in [1.82, 2.24) is 14.5 Å². The summed E-state index contributed by atoms with van der Waals surface area (Å²) < 4.78 is 1.53. The lowest BCUT2D eigenvalue weighted by Gasteiger charge is -2.26. The first-order chi connectivity index (χ1) is 13.1. The van der Waals surface area contributed by atoms with Gasteiger partial charge in [-0.1, -0.05) is 0 Å². The van der Waals surface area contributed by atoms with Crippen molar-refractivity contribution in [2.45, 2.75) is 12.8 Å². The zero-order valence-electron chi connectivity index (χ0n) is 14.8. The predicted molar refractivity (Wildman–Crippen MR) is 100 cm³/mol. The van der Waals surface area contributed by atoms with Gasteiger partial charge < -0.3 is 9.47 Å². The molecule has 0 amide bonds. The summed E-state index contributed by atoms with van der Waals surface area (Å²) in [5.74, 6) is 0.541. The van der Waals surface area contributed by atoms with Crippen molar-refractivity contribution in [3.8, 4) is 12.1 Å². The molecule has 7 nitrogen and oxygen atoms in total. The van der Waals surface area contributed by atoms with Gasteiger partial charge in [-0.05, 0) is 43.0 Å². The molecule has 1 fully saturated rings. The van der Waals surface area contributed by atoms with Gasteiger partial charge in [-0.3, -0.25) is 4.79 Å². The quantitative estimate of drug-likeness (QED) is 0.712. The largest absolute Gasteiger partial charge is 0.338 e. The Hall–Kier alpha value is -3.71. The van der Waals surface area contributed by atoms with Gasteiger partial charge in [0.15, 0.2) is 0 Å². The second kappa shape index (κ2) is 6.54. The van der Waals surface area contributed by atoms with Gasteiger partial charge in [0.1, 0.15) is 29.0 Å². The van der Waals surface area contributed by atoms with Crippen molar-refractivity contribution in [3.05, 3.63) is 58.3 Å². The Morgan fingerprint density at radius 1 is 1.19 bits per heavy atom. The highest BCUT2D eigenvalue weighted by Crippen LogP contribution is 2.36. The Morgan fingerprint density at radius 3 is 2.56 bits per heavy atom. The number of rotatable bonds is 4. The molecule has 0 N–H and O–H groups in total. The molecule has 0 aliphatic heterocycles. The SMILES string of the molecule is Cn1c(=O)cc(N(CC2CC2)c2ccc(C#N)nc2)c2nc(C#N)ccc21. The van der Waals surface area contributed by atoms with E-state index in [-0.39, 0.29) is 5.56 Å². The van der Waals surface area contributed by atoms with E-state index >= 15 is 0 Å². The van der Waals surface area contributed by atoms with Crippen LogP contribution in [-0.4, -0.2) is 21.1 Å². The monoisotopic (exact) mass is 356 g/mol. The number of hydrogen-bond acceptors (Lipinski definition) is 6. The van der Waals surface area contributed by atoms with Crippen molar-refractivity contribution < 1.29 is 0 Å². The van der Waals surface area contributed by atoms with Crippen LogP contribution in [0.4, 0.5) is 11.4 Å². The predicted octanol–water partition coefficient (Wildman–Crippen LogP) is 2.62. The molecule has 27 heavy (non-hydrogen) atoms. The van der Waals surface area contributed by atoms with E-state index in [9.17, 15) is 10.1 Å². The first-order valence-electron chi connectivity index (χ1n) is 8.65. The highest BCUT2D eigenvalue weighted by Gasteiger charge is 2.27. The number of nitriles is 2. The lowest BCUT2D eigenvalue weighted by atomic mass is 10.2. The summed E-state index contributed by atoms with van der Waals surface area (Å²) in [5, 5.41) is 18.2. The number of nitrogens with zero attached hydrogens (tertiary/aromatic N) is 6. The second-order valence-electron chi connectivity index (χ2n) is 6.67. The molecule has 0 bridgehead atoms. The molecule has 0 unspecified atom stereocenters. The molecule has 0 radical (unpaired) electrons. The third kappa shape index (κ3) is 3.11. The number of hydrogen-bond donors (Lipinski definition) is 0. The van der Waals surface area contributed by atoms with Gasteiger partial charge in [-0.15, -0.1) is 0 Å².